The van der Waals surface area contributed by atoms with E-state index in [9.17, 15) is 0 Å². The Morgan fingerprint density at radius 1 is 1.53 bits per heavy atom. The number of thiazole rings is 1. The third-order valence-electron chi connectivity index (χ3n) is 3.03. The Labute approximate surface area is 107 Å². The fourth-order valence-corrected chi connectivity index (χ4v) is 2.56. The smallest absolute Gasteiger partial charge is 0.191 e. The van der Waals surface area contributed by atoms with Gasteiger partial charge in [-0.1, -0.05) is 0 Å². The quantitative estimate of drug-likeness (QED) is 0.645. The molecule has 0 atom stereocenters. The third-order valence-corrected chi connectivity index (χ3v) is 3.88. The highest BCUT2D eigenvalue weighted by Crippen LogP contribution is 2.40. The molecule has 0 unspecified atom stereocenters. The van der Waals surface area contributed by atoms with Gasteiger partial charge in [0.05, 0.1) is 12.2 Å². The van der Waals surface area contributed by atoms with Gasteiger partial charge in [0.2, 0.25) is 0 Å². The molecule has 0 saturated heterocycles. The summed E-state index contributed by atoms with van der Waals surface area (Å²) in [5.74, 6) is 1.35. The molecule has 5 heteroatoms. The van der Waals surface area contributed by atoms with Gasteiger partial charge in [-0.3, -0.25) is 0 Å². The second-order valence-corrected chi connectivity index (χ2v) is 5.23. The summed E-state index contributed by atoms with van der Waals surface area (Å²) in [7, 11) is 0. The van der Waals surface area contributed by atoms with Crippen molar-refractivity contribution >= 4 is 17.3 Å². The van der Waals surface area contributed by atoms with Gasteiger partial charge in [0.25, 0.3) is 0 Å². The number of nitrogens with zero attached hydrogens (tertiary/aromatic N) is 3. The molecule has 1 aliphatic rings. The Balaban J connectivity index is 1.92. The molecule has 1 aromatic heterocycles. The lowest BCUT2D eigenvalue weighted by atomic mass is 10.3. The van der Waals surface area contributed by atoms with Crippen LogP contribution in [0.1, 0.15) is 43.3 Å². The summed E-state index contributed by atoms with van der Waals surface area (Å²) in [6.07, 6.45) is 2.60. The normalized spacial score (nSPS) is 16.2. The number of aliphatic imine (C=N–C) groups is 1. The van der Waals surface area contributed by atoms with Crippen LogP contribution in [0.4, 0.5) is 0 Å². The maximum absolute atomic E-state index is 5.92. The van der Waals surface area contributed by atoms with E-state index in [-0.39, 0.29) is 0 Å². The van der Waals surface area contributed by atoms with E-state index in [1.165, 1.54) is 18.5 Å². The summed E-state index contributed by atoms with van der Waals surface area (Å²) in [4.78, 5) is 11.0. The predicted molar refractivity (Wildman–Crippen MR) is 72.3 cm³/mol. The molecular weight excluding hydrogens is 232 g/mol. The maximum Gasteiger partial charge on any atom is 0.191 e. The molecule has 2 rings (SSSR count). The van der Waals surface area contributed by atoms with Crippen LogP contribution in [0.15, 0.2) is 10.4 Å². The molecule has 94 valence electrons. The first-order valence-corrected chi connectivity index (χ1v) is 7.11. The van der Waals surface area contributed by atoms with Crippen LogP contribution >= 0.6 is 11.3 Å². The lowest BCUT2D eigenvalue weighted by Gasteiger charge is -2.18. The van der Waals surface area contributed by atoms with Crippen molar-refractivity contribution < 1.29 is 0 Å². The van der Waals surface area contributed by atoms with Gasteiger partial charge in [-0.05, 0) is 26.7 Å². The number of aromatic nitrogens is 1. The van der Waals surface area contributed by atoms with Gasteiger partial charge >= 0.3 is 0 Å². The number of hydrogen-bond donors (Lipinski definition) is 1. The van der Waals surface area contributed by atoms with Gasteiger partial charge in [0, 0.05) is 24.4 Å². The van der Waals surface area contributed by atoms with E-state index < -0.39 is 0 Å². The number of hydrogen-bond acceptors (Lipinski definition) is 3. The van der Waals surface area contributed by atoms with Gasteiger partial charge < -0.3 is 10.6 Å². The number of rotatable bonds is 5. The SMILES string of the molecule is CCN(CC)C(N)=NCc1nc(C2CC2)cs1. The van der Waals surface area contributed by atoms with Crippen LogP contribution < -0.4 is 5.73 Å². The average molecular weight is 252 g/mol. The Kier molecular flexibility index (Phi) is 3.99. The highest BCUT2D eigenvalue weighted by molar-refractivity contribution is 7.09. The van der Waals surface area contributed by atoms with E-state index in [0.29, 0.717) is 12.5 Å². The fraction of sp³-hybridized carbons (Fsp3) is 0.667. The second kappa shape index (κ2) is 5.49. The van der Waals surface area contributed by atoms with Crippen molar-refractivity contribution in [3.05, 3.63) is 16.1 Å². The lowest BCUT2D eigenvalue weighted by molar-refractivity contribution is 0.458. The van der Waals surface area contributed by atoms with Crippen molar-refractivity contribution in [2.45, 2.75) is 39.2 Å². The van der Waals surface area contributed by atoms with Gasteiger partial charge in [-0.2, -0.15) is 0 Å². The maximum atomic E-state index is 5.92. The predicted octanol–water partition coefficient (Wildman–Crippen LogP) is 2.18. The van der Waals surface area contributed by atoms with Crippen molar-refractivity contribution in [3.8, 4) is 0 Å². The van der Waals surface area contributed by atoms with E-state index in [4.69, 9.17) is 5.73 Å². The zero-order valence-electron chi connectivity index (χ0n) is 10.5. The lowest BCUT2D eigenvalue weighted by Crippen LogP contribution is -2.37. The van der Waals surface area contributed by atoms with Crippen LogP contribution in [0.25, 0.3) is 0 Å². The molecule has 0 radical (unpaired) electrons. The van der Waals surface area contributed by atoms with E-state index in [1.807, 2.05) is 0 Å². The van der Waals surface area contributed by atoms with E-state index >= 15 is 0 Å². The first-order valence-electron chi connectivity index (χ1n) is 6.23. The van der Waals surface area contributed by atoms with E-state index in [2.05, 4.69) is 34.1 Å². The Morgan fingerprint density at radius 2 is 2.24 bits per heavy atom. The molecule has 1 saturated carbocycles. The molecule has 2 N–H and O–H groups in total. The van der Waals surface area contributed by atoms with E-state index in [0.717, 1.165) is 24.0 Å². The van der Waals surface area contributed by atoms with Crippen LogP contribution in [0, 0.1) is 0 Å². The first kappa shape index (κ1) is 12.4. The molecule has 17 heavy (non-hydrogen) atoms. The standard InChI is InChI=1S/C12H20N4S/c1-3-16(4-2)12(13)14-7-11-15-10(8-17-11)9-5-6-9/h8-9H,3-7H2,1-2H3,(H2,13,14). The third kappa shape index (κ3) is 3.19. The van der Waals surface area contributed by atoms with Crippen molar-refractivity contribution in [1.82, 2.24) is 9.88 Å². The molecule has 0 amide bonds. The van der Waals surface area contributed by atoms with Crippen molar-refractivity contribution in [1.29, 1.82) is 0 Å². The largest absolute Gasteiger partial charge is 0.370 e. The molecule has 1 fully saturated rings. The zero-order valence-corrected chi connectivity index (χ0v) is 11.3. The average Bonchev–Trinajstić information content (AvgIpc) is 3.08. The highest BCUT2D eigenvalue weighted by atomic mass is 32.1. The minimum absolute atomic E-state index is 0.611. The summed E-state index contributed by atoms with van der Waals surface area (Å²) < 4.78 is 0. The van der Waals surface area contributed by atoms with Crippen LogP contribution in [-0.2, 0) is 6.54 Å². The van der Waals surface area contributed by atoms with Gasteiger partial charge in [-0.15, -0.1) is 11.3 Å². The molecule has 1 heterocycles. The van der Waals surface area contributed by atoms with Crippen molar-refractivity contribution in [2.24, 2.45) is 10.7 Å². The molecule has 0 aliphatic heterocycles. The summed E-state index contributed by atoms with van der Waals surface area (Å²) in [6, 6.07) is 0. The molecule has 0 bridgehead atoms. The molecule has 1 aromatic rings. The summed E-state index contributed by atoms with van der Waals surface area (Å²) in [6.45, 7) is 6.58. The van der Waals surface area contributed by atoms with Gasteiger partial charge in [0.1, 0.15) is 5.01 Å². The summed E-state index contributed by atoms with van der Waals surface area (Å²) >= 11 is 1.69. The minimum Gasteiger partial charge on any atom is -0.370 e. The number of nitrogens with two attached hydrogens (primary N) is 1. The Hall–Kier alpha value is -1.10. The molecule has 4 nitrogen and oxygen atoms in total. The van der Waals surface area contributed by atoms with Crippen LogP contribution in [0.3, 0.4) is 0 Å². The molecule has 0 spiro atoms. The first-order chi connectivity index (χ1) is 8.24. The minimum atomic E-state index is 0.611. The van der Waals surface area contributed by atoms with Gasteiger partial charge in [0.15, 0.2) is 5.96 Å². The zero-order chi connectivity index (χ0) is 12.3. The van der Waals surface area contributed by atoms with Gasteiger partial charge in [-0.25, -0.2) is 9.98 Å². The van der Waals surface area contributed by atoms with Crippen LogP contribution in [0.5, 0.6) is 0 Å². The van der Waals surface area contributed by atoms with Crippen LogP contribution in [-0.4, -0.2) is 28.9 Å². The highest BCUT2D eigenvalue weighted by Gasteiger charge is 2.25. The monoisotopic (exact) mass is 252 g/mol. The Bertz CT molecular complexity index is 391. The molecular formula is C12H20N4S. The van der Waals surface area contributed by atoms with E-state index in [1.54, 1.807) is 11.3 Å². The van der Waals surface area contributed by atoms with Crippen LogP contribution in [0.2, 0.25) is 0 Å². The van der Waals surface area contributed by atoms with Crippen molar-refractivity contribution in [3.63, 3.8) is 0 Å². The summed E-state index contributed by atoms with van der Waals surface area (Å²) in [5.41, 5.74) is 7.17. The van der Waals surface area contributed by atoms with Crippen molar-refractivity contribution in [2.75, 3.05) is 13.1 Å². The molecule has 1 aliphatic carbocycles. The summed E-state index contributed by atoms with van der Waals surface area (Å²) in [5, 5.41) is 3.23. The molecule has 0 aromatic carbocycles. The second-order valence-electron chi connectivity index (χ2n) is 4.29. The fourth-order valence-electron chi connectivity index (χ4n) is 1.76. The topological polar surface area (TPSA) is 54.5 Å². The number of guanidine groups is 1. The Morgan fingerprint density at radius 3 is 2.82 bits per heavy atom.